The van der Waals surface area contributed by atoms with Crippen LogP contribution in [-0.2, 0) is 4.79 Å². The maximum atomic E-state index is 11.9. The maximum absolute atomic E-state index is 11.9. The number of amides is 1. The summed E-state index contributed by atoms with van der Waals surface area (Å²) in [6, 6.07) is 3.54. The van der Waals surface area contributed by atoms with Gasteiger partial charge >= 0.3 is 0 Å². The molecule has 0 aliphatic heterocycles. The largest absolute Gasteiger partial charge is 0.347 e. The van der Waals surface area contributed by atoms with Gasteiger partial charge in [-0.25, -0.2) is 0 Å². The standard InChI is InChI=1S/C12H20N2OS.ClH/c1-8(9-6-5-7-16-9)14-11(15)10(13)12(2,3)4;/h5-8,10H,13H2,1-4H3,(H,14,15);1H/t8?,10-;/m1./s1. The molecular weight excluding hydrogens is 256 g/mol. The van der Waals surface area contributed by atoms with E-state index in [2.05, 4.69) is 5.32 Å². The Bertz CT molecular complexity index is 346. The average molecular weight is 277 g/mol. The van der Waals surface area contributed by atoms with Crippen LogP contribution in [0.25, 0.3) is 0 Å². The first kappa shape index (κ1) is 16.4. The van der Waals surface area contributed by atoms with E-state index in [1.807, 2.05) is 45.2 Å². The molecule has 0 bridgehead atoms. The van der Waals surface area contributed by atoms with Gasteiger partial charge in [0.15, 0.2) is 0 Å². The van der Waals surface area contributed by atoms with Crippen molar-refractivity contribution in [3.05, 3.63) is 22.4 Å². The number of nitrogens with one attached hydrogen (secondary N) is 1. The third-order valence-electron chi connectivity index (χ3n) is 2.54. The summed E-state index contributed by atoms with van der Waals surface area (Å²) in [5.41, 5.74) is 5.68. The lowest BCUT2D eigenvalue weighted by atomic mass is 9.87. The van der Waals surface area contributed by atoms with Gasteiger partial charge in [-0.3, -0.25) is 4.79 Å². The third kappa shape index (κ3) is 4.66. The van der Waals surface area contributed by atoms with Crippen molar-refractivity contribution in [3.63, 3.8) is 0 Å². The van der Waals surface area contributed by atoms with Crippen molar-refractivity contribution < 1.29 is 4.79 Å². The van der Waals surface area contributed by atoms with E-state index in [9.17, 15) is 4.79 Å². The molecule has 0 aliphatic carbocycles. The van der Waals surface area contributed by atoms with Crippen LogP contribution in [-0.4, -0.2) is 11.9 Å². The molecule has 1 aromatic heterocycles. The highest BCUT2D eigenvalue weighted by molar-refractivity contribution is 7.10. The first-order chi connectivity index (χ1) is 7.32. The fourth-order valence-electron chi connectivity index (χ4n) is 1.31. The predicted octanol–water partition coefficient (Wildman–Crippen LogP) is 2.72. The van der Waals surface area contributed by atoms with Crippen LogP contribution in [0.3, 0.4) is 0 Å². The summed E-state index contributed by atoms with van der Waals surface area (Å²) in [5, 5.41) is 4.94. The van der Waals surface area contributed by atoms with Gasteiger partial charge < -0.3 is 11.1 Å². The molecular formula is C12H21ClN2OS. The molecule has 0 aromatic carbocycles. The van der Waals surface area contributed by atoms with Crippen LogP contribution in [0.5, 0.6) is 0 Å². The molecule has 1 unspecified atom stereocenters. The number of carbonyl (C=O) groups excluding carboxylic acids is 1. The topological polar surface area (TPSA) is 55.1 Å². The first-order valence-electron chi connectivity index (χ1n) is 5.41. The number of hydrogen-bond donors (Lipinski definition) is 2. The highest BCUT2D eigenvalue weighted by Gasteiger charge is 2.28. The Balaban J connectivity index is 0.00000256. The molecule has 3 N–H and O–H groups in total. The molecule has 3 nitrogen and oxygen atoms in total. The maximum Gasteiger partial charge on any atom is 0.237 e. The van der Waals surface area contributed by atoms with E-state index in [4.69, 9.17) is 5.73 Å². The molecule has 0 spiro atoms. The summed E-state index contributed by atoms with van der Waals surface area (Å²) in [4.78, 5) is 13.0. The Labute approximate surface area is 113 Å². The van der Waals surface area contributed by atoms with Crippen molar-refractivity contribution in [1.82, 2.24) is 5.32 Å². The fraction of sp³-hybridized carbons (Fsp3) is 0.583. The smallest absolute Gasteiger partial charge is 0.237 e. The van der Waals surface area contributed by atoms with E-state index in [1.54, 1.807) is 11.3 Å². The zero-order valence-corrected chi connectivity index (χ0v) is 12.3. The van der Waals surface area contributed by atoms with Crippen molar-refractivity contribution in [2.24, 2.45) is 11.1 Å². The van der Waals surface area contributed by atoms with E-state index in [1.165, 1.54) is 0 Å². The predicted molar refractivity (Wildman–Crippen MR) is 75.6 cm³/mol. The molecule has 5 heteroatoms. The van der Waals surface area contributed by atoms with Crippen LogP contribution < -0.4 is 11.1 Å². The Morgan fingerprint density at radius 2 is 2.06 bits per heavy atom. The molecule has 0 fully saturated rings. The molecule has 2 atom stereocenters. The van der Waals surface area contributed by atoms with Crippen molar-refractivity contribution in [2.75, 3.05) is 0 Å². The molecule has 0 saturated carbocycles. The van der Waals surface area contributed by atoms with Gasteiger partial charge in [0.05, 0.1) is 12.1 Å². The van der Waals surface area contributed by atoms with Crippen LogP contribution in [0, 0.1) is 5.41 Å². The number of rotatable bonds is 3. The van der Waals surface area contributed by atoms with Gasteiger partial charge in [-0.05, 0) is 23.8 Å². The van der Waals surface area contributed by atoms with Gasteiger partial charge in [-0.1, -0.05) is 26.8 Å². The molecule has 0 radical (unpaired) electrons. The molecule has 0 saturated heterocycles. The molecule has 0 aliphatic rings. The van der Waals surface area contributed by atoms with Crippen LogP contribution in [0.1, 0.15) is 38.6 Å². The van der Waals surface area contributed by atoms with Crippen molar-refractivity contribution >= 4 is 29.7 Å². The molecule has 1 aromatic rings. The Hall–Kier alpha value is -0.580. The molecule has 17 heavy (non-hydrogen) atoms. The van der Waals surface area contributed by atoms with Crippen molar-refractivity contribution in [1.29, 1.82) is 0 Å². The second-order valence-corrected chi connectivity index (χ2v) is 6.07. The number of halogens is 1. The van der Waals surface area contributed by atoms with Gasteiger partial charge in [0, 0.05) is 4.88 Å². The Morgan fingerprint density at radius 1 is 1.47 bits per heavy atom. The minimum atomic E-state index is -0.477. The van der Waals surface area contributed by atoms with E-state index in [0.717, 1.165) is 4.88 Å². The molecule has 1 heterocycles. The first-order valence-corrected chi connectivity index (χ1v) is 6.29. The van der Waals surface area contributed by atoms with Gasteiger partial charge in [0.1, 0.15) is 0 Å². The quantitative estimate of drug-likeness (QED) is 0.892. The fourth-order valence-corrected chi connectivity index (χ4v) is 2.04. The number of thiophene rings is 1. The van der Waals surface area contributed by atoms with Crippen LogP contribution in [0.2, 0.25) is 0 Å². The van der Waals surface area contributed by atoms with Crippen LogP contribution in [0.15, 0.2) is 17.5 Å². The highest BCUT2D eigenvalue weighted by atomic mass is 35.5. The summed E-state index contributed by atoms with van der Waals surface area (Å²) in [6.45, 7) is 7.87. The van der Waals surface area contributed by atoms with Crippen LogP contribution >= 0.6 is 23.7 Å². The van der Waals surface area contributed by atoms with Gasteiger partial charge in [0.2, 0.25) is 5.91 Å². The van der Waals surface area contributed by atoms with E-state index < -0.39 is 6.04 Å². The minimum absolute atomic E-state index is 0. The number of nitrogens with two attached hydrogens (primary N) is 1. The minimum Gasteiger partial charge on any atom is -0.347 e. The summed E-state index contributed by atoms with van der Waals surface area (Å²) in [7, 11) is 0. The lowest BCUT2D eigenvalue weighted by Crippen LogP contribution is -2.49. The monoisotopic (exact) mass is 276 g/mol. The molecule has 98 valence electrons. The number of hydrogen-bond acceptors (Lipinski definition) is 3. The van der Waals surface area contributed by atoms with E-state index in [0.29, 0.717) is 0 Å². The number of carbonyl (C=O) groups is 1. The summed E-state index contributed by atoms with van der Waals surface area (Å²) >= 11 is 1.64. The highest BCUT2D eigenvalue weighted by Crippen LogP contribution is 2.21. The second-order valence-electron chi connectivity index (χ2n) is 5.09. The zero-order chi connectivity index (χ0) is 12.3. The third-order valence-corrected chi connectivity index (χ3v) is 3.60. The van der Waals surface area contributed by atoms with Gasteiger partial charge in [0.25, 0.3) is 0 Å². The van der Waals surface area contributed by atoms with Crippen molar-refractivity contribution in [3.8, 4) is 0 Å². The SMILES string of the molecule is CC(NC(=O)[C@@H](N)C(C)(C)C)c1cccs1.Cl. The summed E-state index contributed by atoms with van der Waals surface area (Å²) in [5.74, 6) is -0.0894. The Kier molecular flexibility index (Phi) is 6.16. The Morgan fingerprint density at radius 3 is 2.47 bits per heavy atom. The van der Waals surface area contributed by atoms with Crippen molar-refractivity contribution in [2.45, 2.75) is 39.8 Å². The normalized spacial score (nSPS) is 14.6. The van der Waals surface area contributed by atoms with Crippen LogP contribution in [0.4, 0.5) is 0 Å². The lowest BCUT2D eigenvalue weighted by Gasteiger charge is -2.27. The zero-order valence-electron chi connectivity index (χ0n) is 10.7. The van der Waals surface area contributed by atoms with E-state index in [-0.39, 0.29) is 29.8 Å². The summed E-state index contributed by atoms with van der Waals surface area (Å²) in [6.07, 6.45) is 0. The molecule has 1 rings (SSSR count). The van der Waals surface area contributed by atoms with Gasteiger partial charge in [-0.2, -0.15) is 0 Å². The average Bonchev–Trinajstić information content (AvgIpc) is 2.67. The van der Waals surface area contributed by atoms with E-state index >= 15 is 0 Å². The van der Waals surface area contributed by atoms with Gasteiger partial charge in [-0.15, -0.1) is 23.7 Å². The lowest BCUT2D eigenvalue weighted by molar-refractivity contribution is -0.125. The summed E-state index contributed by atoms with van der Waals surface area (Å²) < 4.78 is 0. The molecule has 1 amide bonds. The second kappa shape index (κ2) is 6.38.